The lowest BCUT2D eigenvalue weighted by atomic mass is 10.1. The first kappa shape index (κ1) is 13.3. The van der Waals surface area contributed by atoms with Crippen molar-refractivity contribution in [1.29, 1.82) is 0 Å². The van der Waals surface area contributed by atoms with Gasteiger partial charge in [0.25, 0.3) is 5.56 Å². The van der Waals surface area contributed by atoms with E-state index in [2.05, 4.69) is 4.98 Å². The number of aromatic amines is 1. The van der Waals surface area contributed by atoms with Gasteiger partial charge in [-0.2, -0.15) is 0 Å². The van der Waals surface area contributed by atoms with Crippen LogP contribution in [0, 0.1) is 5.92 Å². The van der Waals surface area contributed by atoms with E-state index in [-0.39, 0.29) is 11.5 Å². The quantitative estimate of drug-likeness (QED) is 0.678. The number of fused-ring (bicyclic) bond motifs is 1. The number of hydrogen-bond acceptors (Lipinski definition) is 3. The van der Waals surface area contributed by atoms with Crippen molar-refractivity contribution in [3.8, 4) is 5.75 Å². The Bertz CT molecular complexity index is 645. The number of carbonyl (C=O) groups is 1. The van der Waals surface area contributed by atoms with Crippen LogP contribution in [0.25, 0.3) is 10.8 Å². The molecule has 0 spiro atoms. The second kappa shape index (κ2) is 5.69. The maximum absolute atomic E-state index is 11.7. The van der Waals surface area contributed by atoms with E-state index in [0.29, 0.717) is 23.5 Å². The standard InChI is InChI=1S/C15H17NO3/c1-3-10(2)8-14(17)19-12-5-4-11-6-7-16-15(18)13(11)9-12/h4-7,9-10H,3,8H2,1-2H3,(H,16,18). The average molecular weight is 259 g/mol. The molecule has 0 radical (unpaired) electrons. The van der Waals surface area contributed by atoms with Gasteiger partial charge in [0.15, 0.2) is 0 Å². The van der Waals surface area contributed by atoms with E-state index in [4.69, 9.17) is 4.74 Å². The van der Waals surface area contributed by atoms with Gasteiger partial charge in [-0.1, -0.05) is 26.3 Å². The molecule has 1 atom stereocenters. The van der Waals surface area contributed by atoms with Gasteiger partial charge in [-0.25, -0.2) is 0 Å². The van der Waals surface area contributed by atoms with E-state index in [1.54, 1.807) is 24.4 Å². The van der Waals surface area contributed by atoms with E-state index in [1.165, 1.54) is 0 Å². The molecule has 1 heterocycles. The molecule has 4 nitrogen and oxygen atoms in total. The first-order valence-corrected chi connectivity index (χ1v) is 6.42. The summed E-state index contributed by atoms with van der Waals surface area (Å²) in [5, 5.41) is 1.35. The minimum absolute atomic E-state index is 0.183. The van der Waals surface area contributed by atoms with Gasteiger partial charge in [-0.05, 0) is 29.5 Å². The molecule has 0 saturated heterocycles. The first-order chi connectivity index (χ1) is 9.10. The van der Waals surface area contributed by atoms with Crippen LogP contribution in [0.4, 0.5) is 0 Å². The van der Waals surface area contributed by atoms with Gasteiger partial charge in [0.1, 0.15) is 5.75 Å². The molecule has 1 aromatic heterocycles. The van der Waals surface area contributed by atoms with Crippen molar-refractivity contribution >= 4 is 16.7 Å². The minimum Gasteiger partial charge on any atom is -0.426 e. The lowest BCUT2D eigenvalue weighted by molar-refractivity contribution is -0.135. The third kappa shape index (κ3) is 3.22. The van der Waals surface area contributed by atoms with Crippen LogP contribution in [0.15, 0.2) is 35.3 Å². The van der Waals surface area contributed by atoms with Crippen molar-refractivity contribution in [1.82, 2.24) is 4.98 Å². The fourth-order valence-corrected chi connectivity index (χ4v) is 1.83. The Hall–Kier alpha value is -2.10. The Balaban J connectivity index is 2.20. The van der Waals surface area contributed by atoms with E-state index in [0.717, 1.165) is 11.8 Å². The van der Waals surface area contributed by atoms with Crippen LogP contribution in [-0.2, 0) is 4.79 Å². The van der Waals surface area contributed by atoms with Crippen LogP contribution in [0.1, 0.15) is 26.7 Å². The van der Waals surface area contributed by atoms with Gasteiger partial charge in [0.2, 0.25) is 0 Å². The molecular formula is C15H17NO3. The van der Waals surface area contributed by atoms with Crippen LogP contribution < -0.4 is 10.3 Å². The maximum Gasteiger partial charge on any atom is 0.311 e. The second-order valence-electron chi connectivity index (χ2n) is 4.75. The summed E-state index contributed by atoms with van der Waals surface area (Å²) in [6, 6.07) is 6.89. The average Bonchev–Trinajstić information content (AvgIpc) is 2.39. The smallest absolute Gasteiger partial charge is 0.311 e. The number of pyridine rings is 1. The van der Waals surface area contributed by atoms with Crippen LogP contribution in [0.2, 0.25) is 0 Å². The fourth-order valence-electron chi connectivity index (χ4n) is 1.83. The van der Waals surface area contributed by atoms with Gasteiger partial charge in [-0.3, -0.25) is 9.59 Å². The predicted octanol–water partition coefficient (Wildman–Crippen LogP) is 2.87. The molecule has 4 heteroatoms. The van der Waals surface area contributed by atoms with Crippen LogP contribution >= 0.6 is 0 Å². The topological polar surface area (TPSA) is 59.2 Å². The minimum atomic E-state index is -0.263. The number of nitrogens with one attached hydrogen (secondary N) is 1. The first-order valence-electron chi connectivity index (χ1n) is 6.42. The van der Waals surface area contributed by atoms with Gasteiger partial charge >= 0.3 is 5.97 Å². The van der Waals surface area contributed by atoms with E-state index in [9.17, 15) is 9.59 Å². The summed E-state index contributed by atoms with van der Waals surface area (Å²) >= 11 is 0. The maximum atomic E-state index is 11.7. The van der Waals surface area contributed by atoms with Crippen LogP contribution in [-0.4, -0.2) is 11.0 Å². The Labute approximate surface area is 111 Å². The predicted molar refractivity (Wildman–Crippen MR) is 74.3 cm³/mol. The van der Waals surface area contributed by atoms with Crippen molar-refractivity contribution in [2.45, 2.75) is 26.7 Å². The van der Waals surface area contributed by atoms with Crippen LogP contribution in [0.3, 0.4) is 0 Å². The number of esters is 1. The van der Waals surface area contributed by atoms with Crippen molar-refractivity contribution in [2.24, 2.45) is 5.92 Å². The number of ether oxygens (including phenoxy) is 1. The number of aromatic nitrogens is 1. The Morgan fingerprint density at radius 2 is 2.16 bits per heavy atom. The summed E-state index contributed by atoms with van der Waals surface area (Å²) in [6.45, 7) is 4.04. The Morgan fingerprint density at radius 3 is 2.89 bits per heavy atom. The third-order valence-electron chi connectivity index (χ3n) is 3.19. The van der Waals surface area contributed by atoms with E-state index in [1.807, 2.05) is 19.9 Å². The zero-order valence-electron chi connectivity index (χ0n) is 11.1. The van der Waals surface area contributed by atoms with Gasteiger partial charge in [-0.15, -0.1) is 0 Å². The molecule has 1 N–H and O–H groups in total. The molecule has 100 valence electrons. The molecule has 0 aliphatic heterocycles. The molecule has 2 aromatic rings. The molecule has 0 aliphatic carbocycles. The fraction of sp³-hybridized carbons (Fsp3) is 0.333. The lowest BCUT2D eigenvalue weighted by Gasteiger charge is -2.08. The number of hydrogen-bond donors (Lipinski definition) is 1. The molecule has 0 saturated carbocycles. The number of H-pyrrole nitrogens is 1. The molecule has 1 unspecified atom stereocenters. The molecule has 0 fully saturated rings. The Morgan fingerprint density at radius 1 is 1.37 bits per heavy atom. The van der Waals surface area contributed by atoms with Gasteiger partial charge in [0, 0.05) is 12.6 Å². The molecule has 0 bridgehead atoms. The summed E-state index contributed by atoms with van der Waals surface area (Å²) in [5.41, 5.74) is -0.183. The third-order valence-corrected chi connectivity index (χ3v) is 3.19. The van der Waals surface area contributed by atoms with E-state index >= 15 is 0 Å². The SMILES string of the molecule is CCC(C)CC(=O)Oc1ccc2cc[nH]c(=O)c2c1. The summed E-state index contributed by atoms with van der Waals surface area (Å²) in [4.78, 5) is 25.9. The molecule has 19 heavy (non-hydrogen) atoms. The second-order valence-corrected chi connectivity index (χ2v) is 4.75. The van der Waals surface area contributed by atoms with E-state index < -0.39 is 0 Å². The normalized spacial score (nSPS) is 12.3. The zero-order chi connectivity index (χ0) is 13.8. The van der Waals surface area contributed by atoms with Gasteiger partial charge < -0.3 is 9.72 Å². The lowest BCUT2D eigenvalue weighted by Crippen LogP contribution is -2.12. The molecule has 0 aliphatic rings. The number of carbonyl (C=O) groups excluding carboxylic acids is 1. The molecular weight excluding hydrogens is 242 g/mol. The highest BCUT2D eigenvalue weighted by molar-refractivity contribution is 5.83. The summed E-state index contributed by atoms with van der Waals surface area (Å²) in [6.07, 6.45) is 2.92. The highest BCUT2D eigenvalue weighted by Crippen LogP contribution is 2.19. The van der Waals surface area contributed by atoms with Crippen molar-refractivity contribution < 1.29 is 9.53 Å². The summed E-state index contributed by atoms with van der Waals surface area (Å²) in [7, 11) is 0. The zero-order valence-corrected chi connectivity index (χ0v) is 11.1. The highest BCUT2D eigenvalue weighted by Gasteiger charge is 2.10. The largest absolute Gasteiger partial charge is 0.426 e. The summed E-state index contributed by atoms with van der Waals surface area (Å²) < 4.78 is 5.26. The van der Waals surface area contributed by atoms with Gasteiger partial charge in [0.05, 0.1) is 5.39 Å². The Kier molecular flexibility index (Phi) is 4.00. The van der Waals surface area contributed by atoms with Crippen molar-refractivity contribution in [3.63, 3.8) is 0 Å². The number of benzene rings is 1. The van der Waals surface area contributed by atoms with Crippen molar-refractivity contribution in [2.75, 3.05) is 0 Å². The number of rotatable bonds is 4. The summed E-state index contributed by atoms with van der Waals surface area (Å²) in [5.74, 6) is 0.454. The highest BCUT2D eigenvalue weighted by atomic mass is 16.5. The monoisotopic (exact) mass is 259 g/mol. The van der Waals surface area contributed by atoms with Crippen LogP contribution in [0.5, 0.6) is 5.75 Å². The van der Waals surface area contributed by atoms with Crippen molar-refractivity contribution in [3.05, 3.63) is 40.8 Å². The molecule has 2 rings (SSSR count). The molecule has 0 amide bonds. The molecule has 1 aromatic carbocycles.